The molecule has 0 unspecified atom stereocenters. The molecule has 0 bridgehead atoms. The Bertz CT molecular complexity index is 433. The third-order valence-electron chi connectivity index (χ3n) is 2.89. The lowest BCUT2D eigenvalue weighted by Crippen LogP contribution is -2.22. The van der Waals surface area contributed by atoms with Crippen molar-refractivity contribution in [2.75, 3.05) is 5.43 Å². The van der Waals surface area contributed by atoms with E-state index < -0.39 is 4.92 Å². The second kappa shape index (κ2) is 5.79. The summed E-state index contributed by atoms with van der Waals surface area (Å²) in [6.07, 6.45) is 0.891. The highest BCUT2D eigenvalue weighted by Gasteiger charge is 2.17. The molecule has 0 aliphatic rings. The molecule has 0 aliphatic carbocycles. The molecule has 1 aromatic rings. The van der Waals surface area contributed by atoms with E-state index in [1.54, 1.807) is 12.1 Å². The van der Waals surface area contributed by atoms with E-state index in [0.717, 1.165) is 12.0 Å². The van der Waals surface area contributed by atoms with Gasteiger partial charge in [-0.3, -0.25) is 16.0 Å². The number of rotatable bonds is 6. The molecule has 0 atom stereocenters. The van der Waals surface area contributed by atoms with E-state index in [1.807, 2.05) is 20.8 Å². The van der Waals surface area contributed by atoms with E-state index in [0.29, 0.717) is 6.61 Å². The molecular formula is C12H19N3O3. The van der Waals surface area contributed by atoms with Crippen molar-refractivity contribution in [1.29, 1.82) is 0 Å². The normalized spacial score (nSPS) is 11.3. The van der Waals surface area contributed by atoms with Crippen LogP contribution in [0.4, 0.5) is 11.4 Å². The largest absolute Gasteiger partial charge is 0.371 e. The predicted molar refractivity (Wildman–Crippen MR) is 70.1 cm³/mol. The lowest BCUT2D eigenvalue weighted by Gasteiger charge is -2.23. The van der Waals surface area contributed by atoms with Crippen LogP contribution in [0.15, 0.2) is 18.2 Å². The fraction of sp³-hybridized carbons (Fsp3) is 0.500. The first-order valence-electron chi connectivity index (χ1n) is 5.77. The van der Waals surface area contributed by atoms with Gasteiger partial charge in [0, 0.05) is 6.07 Å². The highest BCUT2D eigenvalue weighted by atomic mass is 16.6. The van der Waals surface area contributed by atoms with E-state index in [9.17, 15) is 10.1 Å². The number of nitrogens with two attached hydrogens (primary N) is 1. The van der Waals surface area contributed by atoms with Crippen LogP contribution in [0.1, 0.15) is 32.8 Å². The number of anilines is 1. The van der Waals surface area contributed by atoms with Crippen molar-refractivity contribution in [3.63, 3.8) is 0 Å². The fourth-order valence-corrected chi connectivity index (χ4v) is 1.33. The molecule has 6 nitrogen and oxygen atoms in total. The fourth-order valence-electron chi connectivity index (χ4n) is 1.33. The zero-order valence-electron chi connectivity index (χ0n) is 10.9. The molecule has 6 heteroatoms. The number of hydrazine groups is 1. The van der Waals surface area contributed by atoms with E-state index in [2.05, 4.69) is 5.43 Å². The van der Waals surface area contributed by atoms with E-state index in [1.165, 1.54) is 6.07 Å². The van der Waals surface area contributed by atoms with Gasteiger partial charge in [-0.15, -0.1) is 0 Å². The number of nitrogens with zero attached hydrogens (tertiary/aromatic N) is 1. The van der Waals surface area contributed by atoms with Crippen LogP contribution in [0.25, 0.3) is 0 Å². The minimum absolute atomic E-state index is 0.0454. The van der Waals surface area contributed by atoms with Gasteiger partial charge in [-0.1, -0.05) is 6.92 Å². The van der Waals surface area contributed by atoms with Gasteiger partial charge in [-0.25, -0.2) is 0 Å². The Morgan fingerprint density at radius 1 is 1.50 bits per heavy atom. The highest BCUT2D eigenvalue weighted by molar-refractivity contribution is 5.61. The smallest absolute Gasteiger partial charge is 0.293 e. The number of ether oxygens (including phenoxy) is 1. The Morgan fingerprint density at radius 2 is 2.17 bits per heavy atom. The van der Waals surface area contributed by atoms with Gasteiger partial charge < -0.3 is 10.2 Å². The van der Waals surface area contributed by atoms with Crippen LogP contribution in [-0.2, 0) is 11.3 Å². The molecule has 0 aliphatic heterocycles. The standard InChI is InChI=1S/C12H19N3O3/c1-4-12(2,3)18-8-9-5-6-11(15(16)17)10(7-9)14-13/h5-7,14H,4,8,13H2,1-3H3. The molecule has 18 heavy (non-hydrogen) atoms. The Labute approximate surface area is 106 Å². The van der Waals surface area contributed by atoms with Crippen molar-refractivity contribution in [1.82, 2.24) is 0 Å². The van der Waals surface area contributed by atoms with Crippen LogP contribution >= 0.6 is 0 Å². The molecule has 1 rings (SSSR count). The van der Waals surface area contributed by atoms with Gasteiger partial charge >= 0.3 is 0 Å². The minimum atomic E-state index is -0.476. The molecule has 0 amide bonds. The summed E-state index contributed by atoms with van der Waals surface area (Å²) in [4.78, 5) is 10.3. The number of nitro groups is 1. The summed E-state index contributed by atoms with van der Waals surface area (Å²) in [6, 6.07) is 4.72. The van der Waals surface area contributed by atoms with Crippen LogP contribution in [0.5, 0.6) is 0 Å². The molecule has 0 fully saturated rings. The van der Waals surface area contributed by atoms with Gasteiger partial charge in [0.15, 0.2) is 0 Å². The third kappa shape index (κ3) is 3.68. The van der Waals surface area contributed by atoms with Crippen molar-refractivity contribution in [2.24, 2.45) is 5.84 Å². The molecule has 0 saturated carbocycles. The van der Waals surface area contributed by atoms with Crippen molar-refractivity contribution in [2.45, 2.75) is 39.4 Å². The predicted octanol–water partition coefficient (Wildman–Crippen LogP) is 2.59. The first-order valence-corrected chi connectivity index (χ1v) is 5.77. The van der Waals surface area contributed by atoms with E-state index in [4.69, 9.17) is 10.6 Å². The summed E-state index contributed by atoms with van der Waals surface area (Å²) in [5.41, 5.74) is 3.21. The van der Waals surface area contributed by atoms with E-state index >= 15 is 0 Å². The molecule has 0 radical (unpaired) electrons. The van der Waals surface area contributed by atoms with Crippen LogP contribution in [0.3, 0.4) is 0 Å². The molecule has 0 spiro atoms. The summed E-state index contributed by atoms with van der Waals surface area (Å²) in [5, 5.41) is 10.7. The van der Waals surface area contributed by atoms with Crippen LogP contribution < -0.4 is 11.3 Å². The second-order valence-corrected chi connectivity index (χ2v) is 4.65. The molecule has 3 N–H and O–H groups in total. The summed E-state index contributed by atoms with van der Waals surface area (Å²) in [6.45, 7) is 6.44. The first kappa shape index (κ1) is 14.4. The Balaban J connectivity index is 2.83. The highest BCUT2D eigenvalue weighted by Crippen LogP contribution is 2.25. The lowest BCUT2D eigenvalue weighted by atomic mass is 10.1. The van der Waals surface area contributed by atoms with Gasteiger partial charge in [-0.2, -0.15) is 0 Å². The second-order valence-electron chi connectivity index (χ2n) is 4.65. The monoisotopic (exact) mass is 253 g/mol. The summed E-state index contributed by atoms with van der Waals surface area (Å²) in [5.74, 6) is 5.27. The number of nitrogen functional groups attached to an aromatic ring is 1. The molecule has 1 aromatic carbocycles. The molecular weight excluding hydrogens is 234 g/mol. The van der Waals surface area contributed by atoms with Gasteiger partial charge in [0.25, 0.3) is 5.69 Å². The quantitative estimate of drug-likeness (QED) is 0.462. The van der Waals surface area contributed by atoms with Crippen LogP contribution in [0, 0.1) is 10.1 Å². The van der Waals surface area contributed by atoms with Crippen LogP contribution in [0.2, 0.25) is 0 Å². The maximum atomic E-state index is 10.7. The number of hydrogen-bond donors (Lipinski definition) is 2. The maximum absolute atomic E-state index is 10.7. The summed E-state index contributed by atoms with van der Waals surface area (Å²) in [7, 11) is 0. The molecule has 0 saturated heterocycles. The Hall–Kier alpha value is -1.66. The molecule has 0 heterocycles. The average Bonchev–Trinajstić information content (AvgIpc) is 2.36. The van der Waals surface area contributed by atoms with Crippen molar-refractivity contribution in [3.05, 3.63) is 33.9 Å². The summed E-state index contributed by atoms with van der Waals surface area (Å²) >= 11 is 0. The van der Waals surface area contributed by atoms with Gasteiger partial charge in [-0.05, 0) is 38.0 Å². The van der Waals surface area contributed by atoms with Gasteiger partial charge in [0.1, 0.15) is 5.69 Å². The first-order chi connectivity index (χ1) is 8.39. The van der Waals surface area contributed by atoms with Crippen molar-refractivity contribution in [3.8, 4) is 0 Å². The van der Waals surface area contributed by atoms with Crippen LogP contribution in [-0.4, -0.2) is 10.5 Å². The Kier molecular flexibility index (Phi) is 4.63. The number of nitro benzene ring substituents is 1. The van der Waals surface area contributed by atoms with E-state index in [-0.39, 0.29) is 17.0 Å². The molecule has 0 aromatic heterocycles. The maximum Gasteiger partial charge on any atom is 0.293 e. The average molecular weight is 253 g/mol. The van der Waals surface area contributed by atoms with Crippen molar-refractivity contribution < 1.29 is 9.66 Å². The summed E-state index contributed by atoms with van der Waals surface area (Å²) < 4.78 is 5.73. The Morgan fingerprint density at radius 3 is 2.67 bits per heavy atom. The zero-order valence-corrected chi connectivity index (χ0v) is 10.9. The third-order valence-corrected chi connectivity index (χ3v) is 2.89. The topological polar surface area (TPSA) is 90.4 Å². The molecule has 100 valence electrons. The number of benzene rings is 1. The number of hydrogen-bond acceptors (Lipinski definition) is 5. The zero-order chi connectivity index (χ0) is 13.8. The van der Waals surface area contributed by atoms with Gasteiger partial charge in [0.05, 0.1) is 17.1 Å². The SMILES string of the molecule is CCC(C)(C)OCc1ccc([N+](=O)[O-])c(NN)c1. The number of nitrogens with one attached hydrogen (secondary N) is 1. The van der Waals surface area contributed by atoms with Crippen molar-refractivity contribution >= 4 is 11.4 Å². The van der Waals surface area contributed by atoms with Gasteiger partial charge in [0.2, 0.25) is 0 Å². The lowest BCUT2D eigenvalue weighted by molar-refractivity contribution is -0.384. The minimum Gasteiger partial charge on any atom is -0.371 e.